The van der Waals surface area contributed by atoms with Gasteiger partial charge in [-0.15, -0.1) is 11.3 Å². The zero-order valence-electron chi connectivity index (χ0n) is 17.4. The molecule has 29 heavy (non-hydrogen) atoms. The summed E-state index contributed by atoms with van der Waals surface area (Å²) in [7, 11) is 1.41. The Morgan fingerprint density at radius 3 is 2.72 bits per heavy atom. The number of hydrogen-bond acceptors (Lipinski definition) is 4. The summed E-state index contributed by atoms with van der Waals surface area (Å²) >= 11 is 1.51. The van der Waals surface area contributed by atoms with Crippen LogP contribution in [0.1, 0.15) is 77.0 Å². The Balaban J connectivity index is 1.57. The average molecular weight is 411 g/mol. The van der Waals surface area contributed by atoms with Gasteiger partial charge >= 0.3 is 5.97 Å². The van der Waals surface area contributed by atoms with E-state index in [9.17, 15) is 9.59 Å². The molecule has 0 bridgehead atoms. The van der Waals surface area contributed by atoms with Crippen LogP contribution in [0.5, 0.6) is 0 Å². The van der Waals surface area contributed by atoms with E-state index in [0.29, 0.717) is 23.0 Å². The molecule has 2 atom stereocenters. The zero-order valence-corrected chi connectivity index (χ0v) is 18.2. The van der Waals surface area contributed by atoms with Crippen molar-refractivity contribution in [3.63, 3.8) is 0 Å². The molecule has 0 amide bonds. The molecule has 0 N–H and O–H groups in total. The Kier molecular flexibility index (Phi) is 7.82. The number of methoxy groups -OCH3 is 1. The van der Waals surface area contributed by atoms with Gasteiger partial charge in [0.05, 0.1) is 7.11 Å². The van der Waals surface area contributed by atoms with Crippen molar-refractivity contribution in [2.45, 2.75) is 57.8 Å². The highest BCUT2D eigenvalue weighted by atomic mass is 32.1. The predicted molar refractivity (Wildman–Crippen MR) is 119 cm³/mol. The average Bonchev–Trinajstić information content (AvgIpc) is 3.35. The first-order valence-electron chi connectivity index (χ1n) is 10.6. The molecule has 0 spiro atoms. The minimum atomic E-state index is -0.268. The van der Waals surface area contributed by atoms with Crippen LogP contribution >= 0.6 is 11.3 Å². The van der Waals surface area contributed by atoms with E-state index in [4.69, 9.17) is 4.74 Å². The van der Waals surface area contributed by atoms with E-state index in [2.05, 4.69) is 43.3 Å². The van der Waals surface area contributed by atoms with Crippen molar-refractivity contribution in [3.05, 3.63) is 63.4 Å². The number of thiophene rings is 1. The number of hydrogen-bond donors (Lipinski definition) is 0. The lowest BCUT2D eigenvalue weighted by molar-refractivity contribution is -0.119. The van der Waals surface area contributed by atoms with Gasteiger partial charge in [-0.05, 0) is 61.3 Å². The number of esters is 1. The predicted octanol–water partition coefficient (Wildman–Crippen LogP) is 6.43. The van der Waals surface area contributed by atoms with Gasteiger partial charge in [0.2, 0.25) is 0 Å². The van der Waals surface area contributed by atoms with Crippen molar-refractivity contribution < 1.29 is 14.3 Å². The lowest BCUT2D eigenvalue weighted by Gasteiger charge is -2.19. The topological polar surface area (TPSA) is 43.4 Å². The first-order chi connectivity index (χ1) is 14.1. The smallest absolute Gasteiger partial charge is 0.348 e. The van der Waals surface area contributed by atoms with Gasteiger partial charge < -0.3 is 4.74 Å². The Hall–Kier alpha value is -2.20. The quantitative estimate of drug-likeness (QED) is 0.447. The van der Waals surface area contributed by atoms with Crippen LogP contribution in [-0.4, -0.2) is 18.9 Å². The van der Waals surface area contributed by atoms with E-state index >= 15 is 0 Å². The fourth-order valence-corrected chi connectivity index (χ4v) is 5.11. The van der Waals surface area contributed by atoms with E-state index < -0.39 is 0 Å². The van der Waals surface area contributed by atoms with Crippen LogP contribution in [0, 0.1) is 5.92 Å². The van der Waals surface area contributed by atoms with Crippen LogP contribution in [-0.2, 0) is 16.0 Å². The van der Waals surface area contributed by atoms with Gasteiger partial charge in [-0.3, -0.25) is 4.79 Å². The van der Waals surface area contributed by atoms with Gasteiger partial charge in [-0.2, -0.15) is 0 Å². The lowest BCUT2D eigenvalue weighted by atomic mass is 9.85. The third kappa shape index (κ3) is 5.66. The lowest BCUT2D eigenvalue weighted by Crippen LogP contribution is -2.13. The van der Waals surface area contributed by atoms with Gasteiger partial charge in [-0.25, -0.2) is 4.79 Å². The Bertz CT molecular complexity index is 847. The molecule has 1 aromatic heterocycles. The summed E-state index contributed by atoms with van der Waals surface area (Å²) in [5.74, 6) is 0.575. The zero-order chi connectivity index (χ0) is 20.6. The number of unbranched alkanes of at least 4 members (excludes halogenated alkanes) is 1. The molecular formula is C25H30O3S. The highest BCUT2D eigenvalue weighted by Crippen LogP contribution is 2.40. The normalized spacial score (nSPS) is 19.2. The van der Waals surface area contributed by atoms with Crippen molar-refractivity contribution in [2.24, 2.45) is 5.92 Å². The number of benzene rings is 1. The number of carbonyl (C=O) groups is 2. The molecule has 1 heterocycles. The molecule has 0 saturated heterocycles. The van der Waals surface area contributed by atoms with Gasteiger partial charge in [0.15, 0.2) is 0 Å². The number of allylic oxidation sites excluding steroid dienone is 1. The summed E-state index contributed by atoms with van der Waals surface area (Å²) in [5.41, 5.74) is 2.36. The molecule has 1 saturated carbocycles. The van der Waals surface area contributed by atoms with Crippen molar-refractivity contribution in [1.29, 1.82) is 0 Å². The highest BCUT2D eigenvalue weighted by molar-refractivity contribution is 7.13. The summed E-state index contributed by atoms with van der Waals surface area (Å²) < 4.78 is 4.78. The maximum absolute atomic E-state index is 12.6. The molecule has 0 radical (unpaired) electrons. The van der Waals surface area contributed by atoms with Crippen molar-refractivity contribution in [2.75, 3.05) is 7.11 Å². The summed E-state index contributed by atoms with van der Waals surface area (Å²) in [6.45, 7) is 2.18. The van der Waals surface area contributed by atoms with Gasteiger partial charge in [0.1, 0.15) is 10.7 Å². The van der Waals surface area contributed by atoms with Crippen LogP contribution in [0.4, 0.5) is 0 Å². The number of ether oxygens (including phenoxy) is 1. The second kappa shape index (κ2) is 10.5. The molecule has 3 nitrogen and oxygen atoms in total. The maximum Gasteiger partial charge on any atom is 0.348 e. The Morgan fingerprint density at radius 1 is 1.21 bits per heavy atom. The second-order valence-electron chi connectivity index (χ2n) is 7.75. The molecular weight excluding hydrogens is 380 g/mol. The van der Waals surface area contributed by atoms with Gasteiger partial charge in [0.25, 0.3) is 0 Å². The van der Waals surface area contributed by atoms with Crippen LogP contribution < -0.4 is 0 Å². The third-order valence-electron chi connectivity index (χ3n) is 5.69. The van der Waals surface area contributed by atoms with Crippen LogP contribution in [0.2, 0.25) is 0 Å². The summed E-state index contributed by atoms with van der Waals surface area (Å²) in [5, 5.41) is 0. The van der Waals surface area contributed by atoms with Crippen LogP contribution in [0.25, 0.3) is 6.08 Å². The van der Waals surface area contributed by atoms with Crippen LogP contribution in [0.15, 0.2) is 42.5 Å². The van der Waals surface area contributed by atoms with Crippen molar-refractivity contribution >= 4 is 29.2 Å². The van der Waals surface area contributed by atoms with Gasteiger partial charge in [-0.1, -0.05) is 49.8 Å². The summed E-state index contributed by atoms with van der Waals surface area (Å²) in [6, 6.07) is 12.4. The maximum atomic E-state index is 12.6. The summed E-state index contributed by atoms with van der Waals surface area (Å²) in [6.07, 6.45) is 11.3. The Labute approximate surface area is 177 Å². The molecule has 154 valence electrons. The molecule has 1 aromatic carbocycles. The molecule has 1 aliphatic carbocycles. The van der Waals surface area contributed by atoms with E-state index in [1.54, 1.807) is 0 Å². The highest BCUT2D eigenvalue weighted by Gasteiger charge is 2.35. The number of Topliss-reactive ketones (excluding diaryl/α,β-unsaturated/α-hetero) is 1. The van der Waals surface area contributed by atoms with Crippen molar-refractivity contribution in [3.8, 4) is 0 Å². The van der Waals surface area contributed by atoms with E-state index in [-0.39, 0.29) is 11.9 Å². The second-order valence-corrected chi connectivity index (χ2v) is 8.92. The minimum Gasteiger partial charge on any atom is -0.465 e. The Morgan fingerprint density at radius 2 is 2.00 bits per heavy atom. The van der Waals surface area contributed by atoms with Crippen molar-refractivity contribution in [1.82, 2.24) is 0 Å². The molecule has 1 fully saturated rings. The number of rotatable bonds is 9. The molecule has 0 aliphatic heterocycles. The first kappa shape index (κ1) is 21.5. The standard InChI is InChI=1S/C25H30O3S/c1-3-4-5-7-18-10-12-20(13-11-18)24-19(14-16-22(24)26)8-6-9-21-15-17-23(29-21)25(27)28-2/h5,7,10-13,15,17,19,24H,3-4,6,8-9,14,16H2,1-2H3/t19-,24?/m0/s1. The monoisotopic (exact) mass is 410 g/mol. The molecule has 2 aromatic rings. The molecule has 1 aliphatic rings. The molecule has 4 heteroatoms. The largest absolute Gasteiger partial charge is 0.465 e. The molecule has 1 unspecified atom stereocenters. The fraction of sp³-hybridized carbons (Fsp3) is 0.440. The number of aryl methyl sites for hydroxylation is 1. The fourth-order valence-electron chi connectivity index (χ4n) is 4.14. The SMILES string of the molecule is CCCC=Cc1ccc(C2C(=O)CC[C@@H]2CCCc2ccc(C(=O)OC)s2)cc1. The van der Waals surface area contributed by atoms with E-state index in [1.165, 1.54) is 28.9 Å². The number of carbonyl (C=O) groups excluding carboxylic acids is 2. The third-order valence-corrected chi connectivity index (χ3v) is 6.81. The summed E-state index contributed by atoms with van der Waals surface area (Å²) in [4.78, 5) is 26.0. The minimum absolute atomic E-state index is 0.0395. The van der Waals surface area contributed by atoms with E-state index in [0.717, 1.165) is 44.1 Å². The molecule has 3 rings (SSSR count). The van der Waals surface area contributed by atoms with Crippen LogP contribution in [0.3, 0.4) is 0 Å². The van der Waals surface area contributed by atoms with Gasteiger partial charge in [0, 0.05) is 17.2 Å². The first-order valence-corrected chi connectivity index (χ1v) is 11.4. The van der Waals surface area contributed by atoms with E-state index in [1.807, 2.05) is 12.1 Å². The number of ketones is 1.